The van der Waals surface area contributed by atoms with E-state index >= 15 is 0 Å². The predicted octanol–water partition coefficient (Wildman–Crippen LogP) is 5.59. The molecule has 0 spiro atoms. The van der Waals surface area contributed by atoms with E-state index in [0.717, 1.165) is 16.7 Å². The Hall–Kier alpha value is -2.98. The molecule has 0 radical (unpaired) electrons. The van der Waals surface area contributed by atoms with Crippen molar-refractivity contribution >= 4 is 17.6 Å². The third-order valence-electron chi connectivity index (χ3n) is 4.30. The fourth-order valence-electron chi connectivity index (χ4n) is 2.83. The summed E-state index contributed by atoms with van der Waals surface area (Å²) in [6, 6.07) is 20.6. The van der Waals surface area contributed by atoms with Crippen molar-refractivity contribution in [2.24, 2.45) is 0 Å². The Morgan fingerprint density at radius 3 is 2.14 bits per heavy atom. The van der Waals surface area contributed by atoms with Gasteiger partial charge in [-0.3, -0.25) is 0 Å². The van der Waals surface area contributed by atoms with Gasteiger partial charge >= 0.3 is 5.97 Å². The van der Waals surface area contributed by atoms with Crippen molar-refractivity contribution < 1.29 is 19.0 Å². The van der Waals surface area contributed by atoms with Gasteiger partial charge in [-0.1, -0.05) is 54.1 Å². The van der Waals surface area contributed by atoms with Crippen molar-refractivity contribution in [1.82, 2.24) is 0 Å². The Labute approximate surface area is 169 Å². The molecule has 0 aliphatic carbocycles. The molecule has 0 saturated carbocycles. The number of ether oxygens (including phenoxy) is 3. The van der Waals surface area contributed by atoms with E-state index in [4.69, 9.17) is 25.8 Å². The molecule has 0 N–H and O–H groups in total. The third-order valence-corrected chi connectivity index (χ3v) is 4.67. The number of carbonyl (C=O) groups is 1. The highest BCUT2D eigenvalue weighted by atomic mass is 35.5. The van der Waals surface area contributed by atoms with Crippen molar-refractivity contribution in [2.75, 3.05) is 7.11 Å². The minimum Gasteiger partial charge on any atom is -0.489 e. The molecular weight excluding hydrogens is 376 g/mol. The second kappa shape index (κ2) is 9.29. The van der Waals surface area contributed by atoms with Crippen LogP contribution in [0.15, 0.2) is 66.7 Å². The maximum Gasteiger partial charge on any atom is 0.338 e. The highest BCUT2D eigenvalue weighted by molar-refractivity contribution is 6.31. The molecule has 0 amide bonds. The summed E-state index contributed by atoms with van der Waals surface area (Å²) in [5.41, 5.74) is 3.08. The first-order valence-corrected chi connectivity index (χ1v) is 9.22. The van der Waals surface area contributed by atoms with Gasteiger partial charge in [-0.2, -0.15) is 0 Å². The molecule has 0 fully saturated rings. The number of benzene rings is 3. The van der Waals surface area contributed by atoms with Gasteiger partial charge < -0.3 is 14.2 Å². The molecule has 0 aliphatic rings. The van der Waals surface area contributed by atoms with Gasteiger partial charge in [0.25, 0.3) is 0 Å². The van der Waals surface area contributed by atoms with Crippen LogP contribution in [0.25, 0.3) is 0 Å². The summed E-state index contributed by atoms with van der Waals surface area (Å²) in [4.78, 5) is 12.1. The van der Waals surface area contributed by atoms with E-state index in [9.17, 15) is 4.79 Å². The average molecular weight is 397 g/mol. The van der Waals surface area contributed by atoms with E-state index in [1.807, 2.05) is 73.7 Å². The maximum absolute atomic E-state index is 12.1. The summed E-state index contributed by atoms with van der Waals surface area (Å²) in [6.45, 7) is 2.49. The van der Waals surface area contributed by atoms with Gasteiger partial charge in [0.2, 0.25) is 0 Å². The number of aryl methyl sites for hydroxylation is 1. The Kier molecular flexibility index (Phi) is 6.56. The second-order valence-electron chi connectivity index (χ2n) is 6.24. The average Bonchev–Trinajstić information content (AvgIpc) is 2.71. The first kappa shape index (κ1) is 19.8. The van der Waals surface area contributed by atoms with Crippen molar-refractivity contribution in [1.29, 1.82) is 0 Å². The fourth-order valence-corrected chi connectivity index (χ4v) is 3.02. The lowest BCUT2D eigenvalue weighted by Crippen LogP contribution is -2.10. The topological polar surface area (TPSA) is 44.8 Å². The number of hydrogen-bond donors (Lipinski definition) is 0. The molecule has 0 bridgehead atoms. The first-order valence-electron chi connectivity index (χ1n) is 8.84. The van der Waals surface area contributed by atoms with Crippen molar-refractivity contribution in [3.8, 4) is 11.5 Å². The van der Waals surface area contributed by atoms with E-state index in [1.54, 1.807) is 0 Å². The number of esters is 1. The van der Waals surface area contributed by atoms with E-state index in [-0.39, 0.29) is 12.6 Å². The predicted molar refractivity (Wildman–Crippen MR) is 109 cm³/mol. The highest BCUT2D eigenvalue weighted by Gasteiger charge is 2.15. The number of halogens is 1. The van der Waals surface area contributed by atoms with Crippen LogP contribution in [0.1, 0.15) is 27.0 Å². The summed E-state index contributed by atoms with van der Waals surface area (Å²) < 4.78 is 16.6. The minimum atomic E-state index is -0.367. The number of rotatable bonds is 7. The molecule has 144 valence electrons. The Balaban J connectivity index is 1.68. The summed E-state index contributed by atoms with van der Waals surface area (Å²) in [7, 11) is 1.37. The summed E-state index contributed by atoms with van der Waals surface area (Å²) in [5.74, 6) is 0.956. The lowest BCUT2D eigenvalue weighted by Gasteiger charge is -2.13. The second-order valence-corrected chi connectivity index (χ2v) is 6.65. The van der Waals surface area contributed by atoms with E-state index in [1.165, 1.54) is 7.11 Å². The standard InChI is InChI=1S/C23H21ClO4/c1-16-7-5-9-18(22(16)23(25)26-2)15-28-20-11-6-10-19(13-20)27-14-17-8-3-4-12-21(17)24/h3-13H,14-15H2,1-2H3. The molecule has 3 aromatic rings. The molecule has 5 heteroatoms. The SMILES string of the molecule is COC(=O)c1c(C)cccc1COc1cccc(OCc2ccccc2Cl)c1. The Morgan fingerprint density at radius 2 is 1.46 bits per heavy atom. The quantitative estimate of drug-likeness (QED) is 0.488. The summed E-state index contributed by atoms with van der Waals surface area (Å²) >= 11 is 6.16. The smallest absolute Gasteiger partial charge is 0.338 e. The summed E-state index contributed by atoms with van der Waals surface area (Å²) in [5, 5.41) is 0.671. The monoisotopic (exact) mass is 396 g/mol. The largest absolute Gasteiger partial charge is 0.489 e. The van der Waals surface area contributed by atoms with Crippen molar-refractivity contribution in [3.05, 3.63) is 94.0 Å². The first-order chi connectivity index (χ1) is 13.6. The number of methoxy groups -OCH3 is 1. The van der Waals surface area contributed by atoms with Crippen LogP contribution < -0.4 is 9.47 Å². The van der Waals surface area contributed by atoms with Crippen LogP contribution in [0.5, 0.6) is 11.5 Å². The van der Waals surface area contributed by atoms with Gasteiger partial charge in [-0.05, 0) is 30.7 Å². The molecule has 0 aromatic heterocycles. The zero-order valence-electron chi connectivity index (χ0n) is 15.8. The summed E-state index contributed by atoms with van der Waals surface area (Å²) in [6.07, 6.45) is 0. The molecule has 0 saturated heterocycles. The van der Waals surface area contributed by atoms with Crippen LogP contribution >= 0.6 is 11.6 Å². The lowest BCUT2D eigenvalue weighted by atomic mass is 10.0. The lowest BCUT2D eigenvalue weighted by molar-refractivity contribution is 0.0597. The van der Waals surface area contributed by atoms with Gasteiger partial charge in [0.15, 0.2) is 0 Å². The molecule has 0 atom stereocenters. The molecule has 0 aliphatic heterocycles. The van der Waals surface area contributed by atoms with Crippen molar-refractivity contribution in [2.45, 2.75) is 20.1 Å². The van der Waals surface area contributed by atoms with Crippen LogP contribution in [-0.4, -0.2) is 13.1 Å². The van der Waals surface area contributed by atoms with Gasteiger partial charge in [0.1, 0.15) is 24.7 Å². The van der Waals surface area contributed by atoms with Gasteiger partial charge in [-0.15, -0.1) is 0 Å². The van der Waals surface area contributed by atoms with Gasteiger partial charge in [-0.25, -0.2) is 4.79 Å². The zero-order valence-corrected chi connectivity index (χ0v) is 16.5. The number of hydrogen-bond acceptors (Lipinski definition) is 4. The fraction of sp³-hybridized carbons (Fsp3) is 0.174. The van der Waals surface area contributed by atoms with Crippen LogP contribution in [0.2, 0.25) is 5.02 Å². The molecule has 28 heavy (non-hydrogen) atoms. The van der Waals surface area contributed by atoms with E-state index in [2.05, 4.69) is 0 Å². The minimum absolute atomic E-state index is 0.250. The van der Waals surface area contributed by atoms with Crippen LogP contribution in [0.3, 0.4) is 0 Å². The Morgan fingerprint density at radius 1 is 0.857 bits per heavy atom. The highest BCUT2D eigenvalue weighted by Crippen LogP contribution is 2.24. The third kappa shape index (κ3) is 4.84. The maximum atomic E-state index is 12.1. The molecule has 4 nitrogen and oxygen atoms in total. The van der Waals surface area contributed by atoms with E-state index < -0.39 is 0 Å². The molecule has 3 rings (SSSR count). The van der Waals surface area contributed by atoms with Crippen LogP contribution in [-0.2, 0) is 18.0 Å². The van der Waals surface area contributed by atoms with Crippen molar-refractivity contribution in [3.63, 3.8) is 0 Å². The van der Waals surface area contributed by atoms with Crippen LogP contribution in [0, 0.1) is 6.92 Å². The van der Waals surface area contributed by atoms with Crippen LogP contribution in [0.4, 0.5) is 0 Å². The molecule has 0 heterocycles. The van der Waals surface area contributed by atoms with Gasteiger partial charge in [0.05, 0.1) is 12.7 Å². The molecule has 3 aromatic carbocycles. The number of carbonyl (C=O) groups excluding carboxylic acids is 1. The zero-order chi connectivity index (χ0) is 19.9. The normalized spacial score (nSPS) is 10.4. The molecular formula is C23H21ClO4. The molecule has 0 unspecified atom stereocenters. The van der Waals surface area contributed by atoms with Gasteiger partial charge in [0, 0.05) is 22.2 Å². The van der Waals surface area contributed by atoms with E-state index in [0.29, 0.717) is 28.7 Å². The Bertz CT molecular complexity index is 968.